The van der Waals surface area contributed by atoms with E-state index in [-0.39, 0.29) is 12.0 Å². The van der Waals surface area contributed by atoms with Crippen molar-refractivity contribution in [1.82, 2.24) is 0 Å². The lowest BCUT2D eigenvalue weighted by Gasteiger charge is -2.45. The molecule has 96 valence electrons. The Morgan fingerprint density at radius 3 is 2.47 bits per heavy atom. The Bertz CT molecular complexity index is 280. The summed E-state index contributed by atoms with van der Waals surface area (Å²) >= 11 is 0. The second-order valence-corrected chi connectivity index (χ2v) is 4.79. The standard InChI is InChI=1S/C14H24NO2/c1-4-9-13(5-2)15(12-14(16)17-3)10-7-6-8-11-15/h4-5,13H,1-2,6-12H2,3H3/q+1/t13-/m1/s1. The average Bonchev–Trinajstić information content (AvgIpc) is 2.36. The Labute approximate surface area is 104 Å². The van der Waals surface area contributed by atoms with Crippen molar-refractivity contribution in [2.45, 2.75) is 31.7 Å². The largest absolute Gasteiger partial charge is 0.465 e. The van der Waals surface area contributed by atoms with Crippen LogP contribution < -0.4 is 0 Å². The Kier molecular flexibility index (Phi) is 5.42. The molecule has 1 atom stereocenters. The molecule has 3 nitrogen and oxygen atoms in total. The molecule has 0 aromatic heterocycles. The van der Waals surface area contributed by atoms with E-state index in [9.17, 15) is 4.79 Å². The van der Waals surface area contributed by atoms with Gasteiger partial charge in [0.1, 0.15) is 6.04 Å². The van der Waals surface area contributed by atoms with Crippen LogP contribution in [0.4, 0.5) is 0 Å². The van der Waals surface area contributed by atoms with Crippen molar-refractivity contribution < 1.29 is 14.0 Å². The molecule has 0 N–H and O–H groups in total. The number of hydrogen-bond acceptors (Lipinski definition) is 2. The molecule has 0 aliphatic carbocycles. The van der Waals surface area contributed by atoms with E-state index >= 15 is 0 Å². The number of hydrogen-bond donors (Lipinski definition) is 0. The molecule has 0 amide bonds. The molecule has 0 unspecified atom stereocenters. The van der Waals surface area contributed by atoms with Gasteiger partial charge in [-0.05, 0) is 25.3 Å². The second kappa shape index (κ2) is 6.60. The number of esters is 1. The molecule has 1 aliphatic heterocycles. The van der Waals surface area contributed by atoms with Gasteiger partial charge in [0, 0.05) is 6.42 Å². The number of nitrogens with zero attached hydrogens (tertiary/aromatic N) is 1. The Morgan fingerprint density at radius 1 is 1.35 bits per heavy atom. The van der Waals surface area contributed by atoms with E-state index in [1.807, 2.05) is 12.2 Å². The number of ether oxygens (including phenoxy) is 1. The van der Waals surface area contributed by atoms with E-state index in [4.69, 9.17) is 4.74 Å². The maximum absolute atomic E-state index is 11.6. The molecule has 0 radical (unpaired) electrons. The summed E-state index contributed by atoms with van der Waals surface area (Å²) in [6, 6.07) is 0.284. The van der Waals surface area contributed by atoms with Gasteiger partial charge >= 0.3 is 5.97 Å². The number of carbonyl (C=O) groups excluding carboxylic acids is 1. The number of likely N-dealkylation sites (tertiary alicyclic amines) is 1. The van der Waals surface area contributed by atoms with E-state index in [1.165, 1.54) is 26.4 Å². The summed E-state index contributed by atoms with van der Waals surface area (Å²) in [4.78, 5) is 11.6. The summed E-state index contributed by atoms with van der Waals surface area (Å²) in [5.41, 5.74) is 0. The maximum atomic E-state index is 11.6. The summed E-state index contributed by atoms with van der Waals surface area (Å²) in [5, 5.41) is 0. The quantitative estimate of drug-likeness (QED) is 0.403. The van der Waals surface area contributed by atoms with Crippen molar-refractivity contribution >= 4 is 5.97 Å². The summed E-state index contributed by atoms with van der Waals surface area (Å²) in [7, 11) is 1.46. The zero-order valence-corrected chi connectivity index (χ0v) is 10.9. The van der Waals surface area contributed by atoms with E-state index < -0.39 is 0 Å². The number of rotatable bonds is 6. The highest BCUT2D eigenvalue weighted by Gasteiger charge is 2.38. The van der Waals surface area contributed by atoms with Gasteiger partial charge in [-0.15, -0.1) is 6.58 Å². The lowest BCUT2D eigenvalue weighted by Crippen LogP contribution is -2.59. The van der Waals surface area contributed by atoms with Crippen molar-refractivity contribution in [3.63, 3.8) is 0 Å². The SMILES string of the molecule is C=CC[C@@H](C=C)[N+]1(CC(=O)OC)CCCCC1. The molecule has 0 spiro atoms. The van der Waals surface area contributed by atoms with Crippen molar-refractivity contribution in [2.24, 2.45) is 0 Å². The summed E-state index contributed by atoms with van der Waals surface area (Å²) < 4.78 is 5.63. The first-order chi connectivity index (χ1) is 8.18. The molecule has 0 aromatic rings. The zero-order valence-electron chi connectivity index (χ0n) is 10.9. The Hall–Kier alpha value is -1.09. The lowest BCUT2D eigenvalue weighted by molar-refractivity contribution is -0.942. The third-order valence-corrected chi connectivity index (χ3v) is 3.76. The van der Waals surface area contributed by atoms with Gasteiger partial charge in [-0.2, -0.15) is 0 Å². The van der Waals surface area contributed by atoms with E-state index in [0.717, 1.165) is 24.0 Å². The molecule has 1 saturated heterocycles. The first kappa shape index (κ1) is 14.0. The van der Waals surface area contributed by atoms with Crippen LogP contribution in [0.1, 0.15) is 25.7 Å². The second-order valence-electron chi connectivity index (χ2n) is 4.79. The highest BCUT2D eigenvalue weighted by Crippen LogP contribution is 2.25. The van der Waals surface area contributed by atoms with Crippen LogP contribution in [0, 0.1) is 0 Å². The molecule has 1 fully saturated rings. The summed E-state index contributed by atoms with van der Waals surface area (Å²) in [5.74, 6) is -0.122. The van der Waals surface area contributed by atoms with E-state index in [0.29, 0.717) is 6.54 Å². The van der Waals surface area contributed by atoms with E-state index in [2.05, 4.69) is 13.2 Å². The van der Waals surface area contributed by atoms with Crippen LogP contribution in [-0.2, 0) is 9.53 Å². The zero-order chi connectivity index (χ0) is 12.7. The number of piperidine rings is 1. The van der Waals surface area contributed by atoms with Crippen LogP contribution in [-0.4, -0.2) is 43.2 Å². The molecule has 0 bridgehead atoms. The lowest BCUT2D eigenvalue weighted by atomic mass is 10.0. The van der Waals surface area contributed by atoms with Crippen LogP contribution in [0.5, 0.6) is 0 Å². The molecule has 17 heavy (non-hydrogen) atoms. The van der Waals surface area contributed by atoms with Gasteiger partial charge in [0.15, 0.2) is 6.54 Å². The van der Waals surface area contributed by atoms with Crippen molar-refractivity contribution in [2.75, 3.05) is 26.7 Å². The maximum Gasteiger partial charge on any atom is 0.361 e. The molecule has 0 aromatic carbocycles. The molecule has 3 heteroatoms. The normalized spacial score (nSPS) is 20.3. The monoisotopic (exact) mass is 238 g/mol. The first-order valence-corrected chi connectivity index (χ1v) is 6.34. The number of quaternary nitrogens is 1. The van der Waals surface area contributed by atoms with Crippen LogP contribution in [0.2, 0.25) is 0 Å². The fourth-order valence-electron chi connectivity index (χ4n) is 2.78. The number of methoxy groups -OCH3 is 1. The minimum Gasteiger partial charge on any atom is -0.465 e. The Balaban J connectivity index is 2.85. The van der Waals surface area contributed by atoms with E-state index in [1.54, 1.807) is 0 Å². The predicted molar refractivity (Wildman–Crippen MR) is 69.5 cm³/mol. The highest BCUT2D eigenvalue weighted by molar-refractivity contribution is 5.70. The van der Waals surface area contributed by atoms with Gasteiger partial charge in [0.2, 0.25) is 0 Å². The van der Waals surface area contributed by atoms with Crippen molar-refractivity contribution in [3.05, 3.63) is 25.3 Å². The van der Waals surface area contributed by atoms with Crippen LogP contribution in [0.15, 0.2) is 25.3 Å². The van der Waals surface area contributed by atoms with Gasteiger partial charge in [0.25, 0.3) is 0 Å². The molecule has 1 aliphatic rings. The van der Waals surface area contributed by atoms with Crippen molar-refractivity contribution in [3.8, 4) is 0 Å². The number of carbonyl (C=O) groups is 1. The fraction of sp³-hybridized carbons (Fsp3) is 0.643. The van der Waals surface area contributed by atoms with Crippen LogP contribution in [0.25, 0.3) is 0 Å². The smallest absolute Gasteiger partial charge is 0.361 e. The third-order valence-electron chi connectivity index (χ3n) is 3.76. The van der Waals surface area contributed by atoms with Gasteiger partial charge in [-0.1, -0.05) is 12.7 Å². The molecule has 1 rings (SSSR count). The van der Waals surface area contributed by atoms with Gasteiger partial charge < -0.3 is 9.22 Å². The molecular weight excluding hydrogens is 214 g/mol. The topological polar surface area (TPSA) is 26.3 Å². The van der Waals surface area contributed by atoms with Gasteiger partial charge in [0.05, 0.1) is 20.2 Å². The van der Waals surface area contributed by atoms with Crippen LogP contribution >= 0.6 is 0 Å². The van der Waals surface area contributed by atoms with Gasteiger partial charge in [-0.3, -0.25) is 0 Å². The minimum atomic E-state index is -0.122. The third kappa shape index (κ3) is 3.43. The molecular formula is C14H24NO2+. The predicted octanol–water partition coefficient (Wildman–Crippen LogP) is 2.29. The molecule has 1 heterocycles. The fourth-order valence-corrected chi connectivity index (χ4v) is 2.78. The van der Waals surface area contributed by atoms with Crippen LogP contribution in [0.3, 0.4) is 0 Å². The average molecular weight is 238 g/mol. The highest BCUT2D eigenvalue weighted by atomic mass is 16.5. The minimum absolute atomic E-state index is 0.122. The first-order valence-electron chi connectivity index (χ1n) is 6.34. The van der Waals surface area contributed by atoms with Crippen molar-refractivity contribution in [1.29, 1.82) is 0 Å². The molecule has 0 saturated carbocycles. The summed E-state index contributed by atoms with van der Waals surface area (Å²) in [6.45, 7) is 10.3. The van der Waals surface area contributed by atoms with Gasteiger partial charge in [-0.25, -0.2) is 4.79 Å². The summed E-state index contributed by atoms with van der Waals surface area (Å²) in [6.07, 6.45) is 8.38. The Morgan fingerprint density at radius 2 is 2.00 bits per heavy atom.